The van der Waals surface area contributed by atoms with Gasteiger partial charge in [-0.25, -0.2) is 19.2 Å². The monoisotopic (exact) mass is 638 g/mol. The summed E-state index contributed by atoms with van der Waals surface area (Å²) < 4.78 is 11.4. The van der Waals surface area contributed by atoms with Gasteiger partial charge in [-0.2, -0.15) is 0 Å². The molecule has 0 saturated heterocycles. The van der Waals surface area contributed by atoms with E-state index in [1.165, 1.54) is 6.08 Å². The third-order valence-corrected chi connectivity index (χ3v) is 6.46. The second kappa shape index (κ2) is 12.8. The van der Waals surface area contributed by atoms with E-state index in [0.29, 0.717) is 0 Å². The lowest BCUT2D eigenvalue weighted by atomic mass is 10.5. The summed E-state index contributed by atoms with van der Waals surface area (Å²) in [6.07, 6.45) is 2.30. The normalized spacial score (nSPS) is 13.0. The van der Waals surface area contributed by atoms with Crippen LogP contribution in [0.5, 0.6) is 0 Å². The fraction of sp³-hybridized carbons (Fsp3) is 0.538. The van der Waals surface area contributed by atoms with Gasteiger partial charge < -0.3 is 18.0 Å². The number of esters is 1. The summed E-state index contributed by atoms with van der Waals surface area (Å²) >= 11 is 49.0. The lowest BCUT2D eigenvalue weighted by molar-refractivity contribution is -0.150. The van der Waals surface area contributed by atoms with Crippen LogP contribution in [0.2, 0.25) is 6.04 Å². The summed E-state index contributed by atoms with van der Waals surface area (Å²) in [5.41, 5.74) is 0. The Kier molecular flexibility index (Phi) is 13.0. The summed E-state index contributed by atoms with van der Waals surface area (Å²) in [7, 11) is -4.92. The first-order valence-corrected chi connectivity index (χ1v) is 12.9. The highest BCUT2D eigenvalue weighted by atomic mass is 35.6. The van der Waals surface area contributed by atoms with Crippen molar-refractivity contribution in [1.82, 2.24) is 0 Å². The minimum absolute atomic E-state index is 0.219. The Morgan fingerprint density at radius 3 is 1.39 bits per heavy atom. The lowest BCUT2D eigenvalue weighted by Gasteiger charge is -2.30. The third-order valence-electron chi connectivity index (χ3n) is 2.61. The molecule has 8 nitrogen and oxygen atoms in total. The van der Waals surface area contributed by atoms with Crippen LogP contribution in [0.3, 0.4) is 0 Å². The third kappa shape index (κ3) is 12.5. The molecule has 0 unspecified atom stereocenters. The van der Waals surface area contributed by atoms with Gasteiger partial charge in [0.25, 0.3) is 11.4 Å². The Balaban J connectivity index is 5.96. The van der Waals surface area contributed by atoms with Crippen LogP contribution in [-0.4, -0.2) is 50.7 Å². The SMILES string of the molecule is CC=CC(=O)OCCC[Si](OC(=O)C(Cl)(Cl)Cl)(OC(=O)C(Cl)(Cl)Cl)OC(=O)C(Cl)(Cl)Cl. The Bertz CT molecular complexity index is 642. The van der Waals surface area contributed by atoms with Crippen molar-refractivity contribution in [2.75, 3.05) is 6.61 Å². The number of halogens is 9. The minimum atomic E-state index is -4.92. The second-order valence-corrected chi connectivity index (χ2v) is 14.4. The predicted molar refractivity (Wildman–Crippen MR) is 120 cm³/mol. The molecule has 18 heteroatoms. The highest BCUT2D eigenvalue weighted by molar-refractivity contribution is 6.81. The molecular formula is C13H11Cl9O8Si. The van der Waals surface area contributed by atoms with E-state index >= 15 is 0 Å². The second-order valence-electron chi connectivity index (χ2n) is 5.12. The highest BCUT2D eigenvalue weighted by Gasteiger charge is 2.59. The van der Waals surface area contributed by atoms with Crippen molar-refractivity contribution in [3.63, 3.8) is 0 Å². The maximum absolute atomic E-state index is 12.1. The molecular weight excluding hydrogens is 631 g/mol. The smallest absolute Gasteiger partial charge is 0.463 e. The first kappa shape index (κ1) is 31.4. The van der Waals surface area contributed by atoms with E-state index in [1.54, 1.807) is 6.92 Å². The number of allylic oxidation sites excluding steroid dienone is 1. The number of hydrogen-bond donors (Lipinski definition) is 0. The molecule has 0 radical (unpaired) electrons. The molecule has 0 saturated carbocycles. The fourth-order valence-electron chi connectivity index (χ4n) is 1.46. The zero-order valence-electron chi connectivity index (χ0n) is 14.9. The standard InChI is InChI=1S/C13H11Cl9O8Si/c1-2-4-7(23)27-5-3-6-31(28-8(24)11(14,15)16,29-9(25)12(17,18)19)30-10(26)13(20,21)22/h2,4H,3,5-6H2,1H3. The molecule has 0 aliphatic carbocycles. The molecule has 31 heavy (non-hydrogen) atoms. The van der Waals surface area contributed by atoms with Gasteiger partial charge in [-0.15, -0.1) is 0 Å². The Labute approximate surface area is 222 Å². The predicted octanol–water partition coefficient (Wildman–Crippen LogP) is 5.17. The molecule has 0 aromatic heterocycles. The number of alkyl halides is 9. The molecule has 0 heterocycles. The zero-order valence-corrected chi connectivity index (χ0v) is 22.7. The fourth-order valence-corrected chi connectivity index (χ4v) is 4.70. The molecule has 0 atom stereocenters. The van der Waals surface area contributed by atoms with E-state index in [2.05, 4.69) is 0 Å². The van der Waals surface area contributed by atoms with Crippen molar-refractivity contribution in [2.45, 2.75) is 30.8 Å². The average molecular weight is 642 g/mol. The number of ether oxygens (including phenoxy) is 1. The first-order valence-electron chi connectivity index (χ1n) is 7.54. The summed E-state index contributed by atoms with van der Waals surface area (Å²) in [5.74, 6) is -5.58. The van der Waals surface area contributed by atoms with Gasteiger partial charge in [0.2, 0.25) is 0 Å². The maximum atomic E-state index is 12.1. The Morgan fingerprint density at radius 2 is 1.10 bits per heavy atom. The number of carbonyl (C=O) groups is 4. The summed E-state index contributed by atoms with van der Waals surface area (Å²) in [6.45, 7) is 1.25. The van der Waals surface area contributed by atoms with Crippen LogP contribution in [0, 0.1) is 0 Å². The zero-order chi connectivity index (χ0) is 24.7. The molecule has 0 bridgehead atoms. The topological polar surface area (TPSA) is 105 Å². The lowest BCUT2D eigenvalue weighted by Crippen LogP contribution is -2.54. The van der Waals surface area contributed by atoms with E-state index in [1.807, 2.05) is 0 Å². The van der Waals surface area contributed by atoms with E-state index in [4.69, 9.17) is 122 Å². The highest BCUT2D eigenvalue weighted by Crippen LogP contribution is 2.36. The molecule has 0 fully saturated rings. The van der Waals surface area contributed by atoms with Crippen LogP contribution < -0.4 is 0 Å². The molecule has 0 amide bonds. The van der Waals surface area contributed by atoms with Gasteiger partial charge in [0.15, 0.2) is 0 Å². The average Bonchev–Trinajstić information content (AvgIpc) is 2.56. The van der Waals surface area contributed by atoms with Crippen molar-refractivity contribution in [1.29, 1.82) is 0 Å². The Morgan fingerprint density at radius 1 is 0.742 bits per heavy atom. The van der Waals surface area contributed by atoms with Crippen molar-refractivity contribution >= 4 is 137 Å². The first-order chi connectivity index (χ1) is 13.8. The number of carbonyl (C=O) groups excluding carboxylic acids is 4. The van der Waals surface area contributed by atoms with Gasteiger partial charge in [-0.1, -0.05) is 110 Å². The van der Waals surface area contributed by atoms with Gasteiger partial charge in [0.1, 0.15) is 0 Å². The van der Waals surface area contributed by atoms with Crippen molar-refractivity contribution in [2.24, 2.45) is 0 Å². The summed E-state index contributed by atoms with van der Waals surface area (Å²) in [5, 5.41) is 0. The van der Waals surface area contributed by atoms with Crippen LogP contribution in [0.25, 0.3) is 0 Å². The quantitative estimate of drug-likeness (QED) is 0.117. The minimum Gasteiger partial charge on any atom is -0.463 e. The molecule has 0 aliphatic rings. The largest absolute Gasteiger partial charge is 0.705 e. The van der Waals surface area contributed by atoms with Gasteiger partial charge in [-0.05, 0) is 13.3 Å². The van der Waals surface area contributed by atoms with E-state index in [9.17, 15) is 19.2 Å². The van der Waals surface area contributed by atoms with Crippen molar-refractivity contribution < 1.29 is 37.2 Å². The van der Waals surface area contributed by atoms with Crippen LogP contribution >= 0.6 is 104 Å². The maximum Gasteiger partial charge on any atom is 0.705 e. The van der Waals surface area contributed by atoms with Crippen molar-refractivity contribution in [3.8, 4) is 0 Å². The molecule has 0 N–H and O–H groups in total. The van der Waals surface area contributed by atoms with E-state index in [-0.39, 0.29) is 13.0 Å². The summed E-state index contributed by atoms with van der Waals surface area (Å²) in [4.78, 5) is 47.7. The van der Waals surface area contributed by atoms with Gasteiger partial charge in [0, 0.05) is 6.08 Å². The van der Waals surface area contributed by atoms with Crippen LogP contribution in [0.1, 0.15) is 13.3 Å². The van der Waals surface area contributed by atoms with Crippen LogP contribution in [-0.2, 0) is 37.2 Å². The van der Waals surface area contributed by atoms with Gasteiger partial charge in [-0.3, -0.25) is 0 Å². The number of hydrogen-bond acceptors (Lipinski definition) is 8. The molecule has 0 spiro atoms. The molecule has 178 valence electrons. The number of rotatable bonds is 8. The van der Waals surface area contributed by atoms with Gasteiger partial charge >= 0.3 is 32.7 Å². The summed E-state index contributed by atoms with van der Waals surface area (Å²) in [6, 6.07) is -0.596. The van der Waals surface area contributed by atoms with Crippen LogP contribution in [0.4, 0.5) is 0 Å². The molecule has 0 aromatic carbocycles. The molecule has 0 aromatic rings. The molecule has 0 aliphatic heterocycles. The molecule has 0 rings (SSSR count). The van der Waals surface area contributed by atoms with E-state index in [0.717, 1.165) is 6.08 Å². The van der Waals surface area contributed by atoms with Crippen LogP contribution in [0.15, 0.2) is 12.2 Å². The van der Waals surface area contributed by atoms with Crippen molar-refractivity contribution in [3.05, 3.63) is 12.2 Å². The van der Waals surface area contributed by atoms with E-state index < -0.39 is 50.1 Å². The van der Waals surface area contributed by atoms with Gasteiger partial charge in [0.05, 0.1) is 12.7 Å². The Hall–Kier alpha value is 0.447.